The summed E-state index contributed by atoms with van der Waals surface area (Å²) in [7, 11) is 0. The highest BCUT2D eigenvalue weighted by Crippen LogP contribution is 2.00. The lowest BCUT2D eigenvalue weighted by atomic mass is 10.2. The monoisotopic (exact) mass is 229 g/mol. The molecule has 1 saturated heterocycles. The minimum atomic E-state index is 0.0942. The van der Waals surface area contributed by atoms with Gasteiger partial charge in [0.05, 0.1) is 19.6 Å². The zero-order valence-corrected chi connectivity index (χ0v) is 9.69. The van der Waals surface area contributed by atoms with Gasteiger partial charge in [0.1, 0.15) is 0 Å². The third-order valence-corrected chi connectivity index (χ3v) is 2.61. The number of benzene rings is 1. The number of ether oxygens (including phenoxy) is 1. The third-order valence-electron chi connectivity index (χ3n) is 2.61. The number of nitrogens with zero attached hydrogens (tertiary/aromatic N) is 1. The fourth-order valence-electron chi connectivity index (χ4n) is 1.67. The quantitative estimate of drug-likeness (QED) is 0.679. The van der Waals surface area contributed by atoms with Crippen LogP contribution in [0.5, 0.6) is 0 Å². The van der Waals surface area contributed by atoms with Gasteiger partial charge in [-0.25, -0.2) is 0 Å². The molecule has 1 aliphatic heterocycles. The molecule has 1 aliphatic rings. The standard InChI is InChI=1S/C14H15NO2/c16-14(15-9-11-17-12-10-15)8-4-7-13-5-2-1-3-6-13/h1-3,5-6H,8-12H2. The van der Waals surface area contributed by atoms with E-state index in [1.807, 2.05) is 35.2 Å². The number of carbonyl (C=O) groups is 1. The van der Waals surface area contributed by atoms with Gasteiger partial charge in [-0.3, -0.25) is 4.79 Å². The molecular weight excluding hydrogens is 214 g/mol. The Morgan fingerprint density at radius 1 is 1.24 bits per heavy atom. The average molecular weight is 229 g/mol. The van der Waals surface area contributed by atoms with Gasteiger partial charge in [-0.15, -0.1) is 0 Å². The van der Waals surface area contributed by atoms with E-state index in [1.54, 1.807) is 0 Å². The van der Waals surface area contributed by atoms with Gasteiger partial charge in [-0.2, -0.15) is 0 Å². The lowest BCUT2D eigenvalue weighted by Gasteiger charge is -2.26. The summed E-state index contributed by atoms with van der Waals surface area (Å²) in [5.41, 5.74) is 0.947. The van der Waals surface area contributed by atoms with E-state index in [9.17, 15) is 4.79 Å². The Morgan fingerprint density at radius 3 is 2.65 bits per heavy atom. The van der Waals surface area contributed by atoms with E-state index in [1.165, 1.54) is 0 Å². The number of hydrogen-bond acceptors (Lipinski definition) is 2. The predicted octanol–water partition coefficient (Wildman–Crippen LogP) is 1.29. The largest absolute Gasteiger partial charge is 0.378 e. The van der Waals surface area contributed by atoms with Crippen LogP contribution in [-0.4, -0.2) is 37.1 Å². The van der Waals surface area contributed by atoms with Gasteiger partial charge in [-0.1, -0.05) is 30.0 Å². The maximum Gasteiger partial charge on any atom is 0.234 e. The summed E-state index contributed by atoms with van der Waals surface area (Å²) in [6, 6.07) is 9.70. The summed E-state index contributed by atoms with van der Waals surface area (Å²) < 4.78 is 5.19. The summed E-state index contributed by atoms with van der Waals surface area (Å²) in [4.78, 5) is 13.6. The molecule has 3 heteroatoms. The van der Waals surface area contributed by atoms with Crippen LogP contribution in [0.15, 0.2) is 30.3 Å². The Kier molecular flexibility index (Phi) is 4.17. The Morgan fingerprint density at radius 2 is 1.94 bits per heavy atom. The van der Waals surface area contributed by atoms with Crippen LogP contribution in [0.4, 0.5) is 0 Å². The van der Waals surface area contributed by atoms with Crippen molar-refractivity contribution in [2.45, 2.75) is 6.42 Å². The Hall–Kier alpha value is -1.79. The summed E-state index contributed by atoms with van der Waals surface area (Å²) in [5, 5.41) is 0. The van der Waals surface area contributed by atoms with Gasteiger partial charge in [0, 0.05) is 18.7 Å². The van der Waals surface area contributed by atoms with Crippen molar-refractivity contribution in [3.63, 3.8) is 0 Å². The second-order valence-corrected chi connectivity index (χ2v) is 3.84. The molecule has 88 valence electrons. The maximum atomic E-state index is 11.8. The first-order valence-electron chi connectivity index (χ1n) is 5.76. The van der Waals surface area contributed by atoms with E-state index < -0.39 is 0 Å². The van der Waals surface area contributed by atoms with E-state index in [0.29, 0.717) is 26.3 Å². The number of rotatable bonds is 1. The molecule has 2 rings (SSSR count). The molecule has 0 unspecified atom stereocenters. The molecule has 0 saturated carbocycles. The first-order valence-corrected chi connectivity index (χ1v) is 5.76. The normalized spacial score (nSPS) is 14.9. The topological polar surface area (TPSA) is 29.5 Å². The lowest BCUT2D eigenvalue weighted by Crippen LogP contribution is -2.40. The smallest absolute Gasteiger partial charge is 0.234 e. The van der Waals surface area contributed by atoms with Gasteiger partial charge >= 0.3 is 0 Å². The van der Waals surface area contributed by atoms with E-state index in [4.69, 9.17) is 4.74 Å². The highest BCUT2D eigenvalue weighted by atomic mass is 16.5. The van der Waals surface area contributed by atoms with Crippen molar-refractivity contribution < 1.29 is 9.53 Å². The van der Waals surface area contributed by atoms with Crippen LogP contribution in [0.2, 0.25) is 0 Å². The molecule has 3 nitrogen and oxygen atoms in total. The van der Waals surface area contributed by atoms with Crippen LogP contribution >= 0.6 is 0 Å². The van der Waals surface area contributed by atoms with E-state index in [0.717, 1.165) is 5.56 Å². The number of hydrogen-bond donors (Lipinski definition) is 0. The molecule has 17 heavy (non-hydrogen) atoms. The molecule has 1 aromatic carbocycles. The molecule has 1 heterocycles. The van der Waals surface area contributed by atoms with E-state index in [2.05, 4.69) is 11.8 Å². The minimum Gasteiger partial charge on any atom is -0.378 e. The SMILES string of the molecule is O=C(CC#Cc1ccccc1)N1CCOCC1. The van der Waals surface area contributed by atoms with Gasteiger partial charge in [0.15, 0.2) is 0 Å². The maximum absolute atomic E-state index is 11.8. The van der Waals surface area contributed by atoms with E-state index in [-0.39, 0.29) is 12.3 Å². The Labute approximate surface area is 101 Å². The first-order chi connectivity index (χ1) is 8.36. The van der Waals surface area contributed by atoms with Gasteiger partial charge in [0.2, 0.25) is 5.91 Å². The average Bonchev–Trinajstić information content (AvgIpc) is 2.41. The number of morpholine rings is 1. The molecule has 1 aromatic rings. The Bertz CT molecular complexity index is 425. The van der Waals surface area contributed by atoms with Crippen LogP contribution in [0, 0.1) is 11.8 Å². The molecule has 0 spiro atoms. The van der Waals surface area contributed by atoms with Crippen LogP contribution < -0.4 is 0 Å². The minimum absolute atomic E-state index is 0.0942. The zero-order chi connectivity index (χ0) is 11.9. The van der Waals surface area contributed by atoms with Crippen LogP contribution in [0.3, 0.4) is 0 Å². The van der Waals surface area contributed by atoms with Gasteiger partial charge in [0.25, 0.3) is 0 Å². The van der Waals surface area contributed by atoms with Gasteiger partial charge < -0.3 is 9.64 Å². The highest BCUT2D eigenvalue weighted by molar-refractivity contribution is 5.78. The molecule has 0 atom stereocenters. The fourth-order valence-corrected chi connectivity index (χ4v) is 1.67. The van der Waals surface area contributed by atoms with Crippen LogP contribution in [-0.2, 0) is 9.53 Å². The van der Waals surface area contributed by atoms with E-state index >= 15 is 0 Å². The second kappa shape index (κ2) is 6.07. The van der Waals surface area contributed by atoms with Crippen molar-refractivity contribution in [1.82, 2.24) is 4.90 Å². The van der Waals surface area contributed by atoms with Gasteiger partial charge in [-0.05, 0) is 12.1 Å². The van der Waals surface area contributed by atoms with Crippen molar-refractivity contribution in [3.05, 3.63) is 35.9 Å². The molecule has 0 aromatic heterocycles. The molecule has 1 fully saturated rings. The highest BCUT2D eigenvalue weighted by Gasteiger charge is 2.14. The summed E-state index contributed by atoms with van der Waals surface area (Å²) >= 11 is 0. The van der Waals surface area contributed by atoms with Crippen LogP contribution in [0.25, 0.3) is 0 Å². The summed E-state index contributed by atoms with van der Waals surface area (Å²) in [5.74, 6) is 6.00. The lowest BCUT2D eigenvalue weighted by molar-refractivity contribution is -0.134. The van der Waals surface area contributed by atoms with Crippen molar-refractivity contribution in [2.24, 2.45) is 0 Å². The van der Waals surface area contributed by atoms with Crippen molar-refractivity contribution in [3.8, 4) is 11.8 Å². The van der Waals surface area contributed by atoms with Crippen molar-refractivity contribution >= 4 is 5.91 Å². The molecule has 1 amide bonds. The Balaban J connectivity index is 1.85. The van der Waals surface area contributed by atoms with Crippen LogP contribution in [0.1, 0.15) is 12.0 Å². The molecule has 0 N–H and O–H groups in total. The van der Waals surface area contributed by atoms with Crippen molar-refractivity contribution in [2.75, 3.05) is 26.3 Å². The molecular formula is C14H15NO2. The van der Waals surface area contributed by atoms with Crippen molar-refractivity contribution in [1.29, 1.82) is 0 Å². The fraction of sp³-hybridized carbons (Fsp3) is 0.357. The summed E-state index contributed by atoms with van der Waals surface area (Å²) in [6.07, 6.45) is 0.287. The zero-order valence-electron chi connectivity index (χ0n) is 9.69. The predicted molar refractivity (Wildman–Crippen MR) is 65.3 cm³/mol. The number of amides is 1. The molecule has 0 bridgehead atoms. The number of carbonyl (C=O) groups excluding carboxylic acids is 1. The third kappa shape index (κ3) is 3.61. The first kappa shape index (κ1) is 11.7. The second-order valence-electron chi connectivity index (χ2n) is 3.84. The molecule has 0 radical (unpaired) electrons. The summed E-state index contributed by atoms with van der Waals surface area (Å²) in [6.45, 7) is 2.65. The molecule has 0 aliphatic carbocycles.